The number of hydrogen-bond acceptors (Lipinski definition) is 6. The molecule has 1 amide bonds. The minimum Gasteiger partial charge on any atom is -0.490 e. The number of fused-ring (bicyclic) bond motifs is 2. The lowest BCUT2D eigenvalue weighted by Gasteiger charge is -2.32. The Balaban J connectivity index is 1.33. The maximum Gasteiger partial charge on any atom is 0.251 e. The summed E-state index contributed by atoms with van der Waals surface area (Å²) in [5, 5.41) is 2.89. The monoisotopic (exact) mass is 492 g/mol. The molecule has 0 unspecified atom stereocenters. The van der Waals surface area contributed by atoms with Crippen LogP contribution in [0.2, 0.25) is 0 Å². The molecule has 3 aromatic rings. The smallest absolute Gasteiger partial charge is 0.251 e. The molecule has 0 saturated carbocycles. The predicted octanol–water partition coefficient (Wildman–Crippen LogP) is 4.26. The first kappa shape index (κ1) is 23.2. The van der Waals surface area contributed by atoms with Gasteiger partial charge in [0.25, 0.3) is 5.91 Å². The molecule has 3 aromatic carbocycles. The molecule has 5 rings (SSSR count). The molecule has 2 aliphatic rings. The van der Waals surface area contributed by atoms with E-state index in [0.717, 1.165) is 29.1 Å². The molecular formula is C27H28N2O5S. The van der Waals surface area contributed by atoms with Gasteiger partial charge in [-0.25, -0.2) is 8.42 Å². The lowest BCUT2D eigenvalue weighted by Crippen LogP contribution is -2.30. The van der Waals surface area contributed by atoms with Crippen LogP contribution in [0.25, 0.3) is 0 Å². The number of ether oxygens (including phenoxy) is 2. The van der Waals surface area contributed by atoms with Crippen molar-refractivity contribution in [3.8, 4) is 11.5 Å². The van der Waals surface area contributed by atoms with Gasteiger partial charge in [-0.05, 0) is 55.8 Å². The second kappa shape index (κ2) is 8.61. The lowest BCUT2D eigenvalue weighted by atomic mass is 10.0. The number of hydrogen-bond donors (Lipinski definition) is 1. The molecule has 0 bridgehead atoms. The van der Waals surface area contributed by atoms with Gasteiger partial charge in [-0.1, -0.05) is 24.3 Å². The van der Waals surface area contributed by atoms with Crippen LogP contribution in [0.15, 0.2) is 65.6 Å². The number of rotatable bonds is 5. The summed E-state index contributed by atoms with van der Waals surface area (Å²) >= 11 is 0. The van der Waals surface area contributed by atoms with Crippen molar-refractivity contribution in [3.63, 3.8) is 0 Å². The highest BCUT2D eigenvalue weighted by molar-refractivity contribution is 7.90. The number of nitrogens with zero attached hydrogens (tertiary/aromatic N) is 1. The van der Waals surface area contributed by atoms with E-state index in [1.54, 1.807) is 36.4 Å². The molecule has 8 heteroatoms. The van der Waals surface area contributed by atoms with Gasteiger partial charge < -0.3 is 19.7 Å². The number of carbonyl (C=O) groups excluding carboxylic acids is 1. The van der Waals surface area contributed by atoms with Gasteiger partial charge in [-0.3, -0.25) is 4.79 Å². The van der Waals surface area contributed by atoms with Gasteiger partial charge in [0.05, 0.1) is 22.8 Å². The molecule has 182 valence electrons. The molecule has 0 radical (unpaired) electrons. The Morgan fingerprint density at radius 2 is 1.83 bits per heavy atom. The van der Waals surface area contributed by atoms with Gasteiger partial charge in [-0.2, -0.15) is 0 Å². The van der Waals surface area contributed by atoms with E-state index in [1.807, 2.05) is 6.07 Å². The van der Waals surface area contributed by atoms with Crippen molar-refractivity contribution in [2.24, 2.45) is 0 Å². The van der Waals surface area contributed by atoms with Gasteiger partial charge in [0.2, 0.25) is 0 Å². The summed E-state index contributed by atoms with van der Waals surface area (Å²) in [7, 11) is -3.25. The number of anilines is 2. The topological polar surface area (TPSA) is 84.9 Å². The van der Waals surface area contributed by atoms with Crippen LogP contribution in [0.3, 0.4) is 0 Å². The summed E-state index contributed by atoms with van der Waals surface area (Å²) in [5.41, 5.74) is 4.17. The molecule has 2 heterocycles. The van der Waals surface area contributed by atoms with E-state index in [0.29, 0.717) is 24.5 Å². The van der Waals surface area contributed by atoms with Crippen LogP contribution >= 0.6 is 0 Å². The quantitative estimate of drug-likeness (QED) is 0.573. The average Bonchev–Trinajstić information content (AvgIpc) is 3.15. The van der Waals surface area contributed by atoms with Crippen LogP contribution in [0.5, 0.6) is 11.5 Å². The van der Waals surface area contributed by atoms with E-state index in [1.165, 1.54) is 11.8 Å². The molecule has 7 nitrogen and oxygen atoms in total. The van der Waals surface area contributed by atoms with Crippen molar-refractivity contribution >= 4 is 27.1 Å². The SMILES string of the molecule is CC1(C)Cc2cccc(N3CCOc4cc(C(=O)NCc5ccc(S(C)(=O)=O)cc5)ccc43)c2O1. The first-order valence-electron chi connectivity index (χ1n) is 11.5. The second-order valence-electron chi connectivity index (χ2n) is 9.59. The summed E-state index contributed by atoms with van der Waals surface area (Å²) in [6.45, 7) is 5.65. The largest absolute Gasteiger partial charge is 0.490 e. The number of para-hydroxylation sites is 1. The number of carbonyl (C=O) groups is 1. The standard InChI is InChI=1S/C27H28N2O5S/c1-27(2)16-20-5-4-6-23(25(20)34-27)29-13-14-33-24-15-19(9-12-22(24)29)26(30)28-17-18-7-10-21(11-8-18)35(3,31)32/h4-12,15H,13-14,16-17H2,1-3H3,(H,28,30). The molecular weight excluding hydrogens is 464 g/mol. The number of benzene rings is 3. The molecule has 35 heavy (non-hydrogen) atoms. The van der Waals surface area contributed by atoms with Gasteiger partial charge in [-0.15, -0.1) is 0 Å². The Labute approximate surface area is 205 Å². The Morgan fingerprint density at radius 3 is 2.57 bits per heavy atom. The Morgan fingerprint density at radius 1 is 1.06 bits per heavy atom. The minimum atomic E-state index is -3.25. The zero-order valence-electron chi connectivity index (χ0n) is 20.0. The first-order chi connectivity index (χ1) is 16.6. The normalized spacial score (nSPS) is 16.0. The van der Waals surface area contributed by atoms with E-state index in [-0.39, 0.29) is 22.9 Å². The van der Waals surface area contributed by atoms with Crippen LogP contribution in [-0.2, 0) is 22.8 Å². The van der Waals surface area contributed by atoms with E-state index < -0.39 is 9.84 Å². The lowest BCUT2D eigenvalue weighted by molar-refractivity contribution is 0.0950. The fourth-order valence-corrected chi connectivity index (χ4v) is 5.19. The molecule has 1 N–H and O–H groups in total. The van der Waals surface area contributed by atoms with E-state index in [2.05, 4.69) is 42.3 Å². The van der Waals surface area contributed by atoms with Crippen LogP contribution in [0.4, 0.5) is 11.4 Å². The van der Waals surface area contributed by atoms with Crippen molar-refractivity contribution < 1.29 is 22.7 Å². The maximum atomic E-state index is 12.8. The van der Waals surface area contributed by atoms with Crippen molar-refractivity contribution in [1.29, 1.82) is 0 Å². The highest BCUT2D eigenvalue weighted by atomic mass is 32.2. The third kappa shape index (κ3) is 4.71. The zero-order valence-corrected chi connectivity index (χ0v) is 20.8. The van der Waals surface area contributed by atoms with Crippen LogP contribution in [-0.4, -0.2) is 39.3 Å². The van der Waals surface area contributed by atoms with Crippen molar-refractivity contribution in [2.75, 3.05) is 24.3 Å². The van der Waals surface area contributed by atoms with Crippen LogP contribution in [0, 0.1) is 0 Å². The van der Waals surface area contributed by atoms with Gasteiger partial charge >= 0.3 is 0 Å². The molecule has 0 aliphatic carbocycles. The van der Waals surface area contributed by atoms with Crippen LogP contribution in [0.1, 0.15) is 35.3 Å². The number of sulfone groups is 1. The third-order valence-electron chi connectivity index (χ3n) is 6.25. The molecule has 0 atom stereocenters. The molecule has 0 saturated heterocycles. The first-order valence-corrected chi connectivity index (χ1v) is 13.4. The predicted molar refractivity (Wildman–Crippen MR) is 135 cm³/mol. The van der Waals surface area contributed by atoms with Crippen molar-refractivity contribution in [3.05, 3.63) is 77.4 Å². The molecule has 2 aliphatic heterocycles. The highest BCUT2D eigenvalue weighted by Crippen LogP contribution is 2.46. The van der Waals surface area contributed by atoms with E-state index in [4.69, 9.17) is 9.47 Å². The Hall–Kier alpha value is -3.52. The number of nitrogens with one attached hydrogen (secondary N) is 1. The number of amides is 1. The molecule has 0 aromatic heterocycles. The summed E-state index contributed by atoms with van der Waals surface area (Å²) < 4.78 is 35.4. The van der Waals surface area contributed by atoms with Crippen LogP contribution < -0.4 is 19.7 Å². The third-order valence-corrected chi connectivity index (χ3v) is 7.38. The maximum absolute atomic E-state index is 12.8. The van der Waals surface area contributed by atoms with Crippen molar-refractivity contribution in [1.82, 2.24) is 5.32 Å². The van der Waals surface area contributed by atoms with E-state index >= 15 is 0 Å². The highest BCUT2D eigenvalue weighted by Gasteiger charge is 2.34. The van der Waals surface area contributed by atoms with Gasteiger partial charge in [0, 0.05) is 30.3 Å². The molecule has 0 spiro atoms. The Kier molecular flexibility index (Phi) is 5.71. The van der Waals surface area contributed by atoms with Gasteiger partial charge in [0.1, 0.15) is 23.7 Å². The summed E-state index contributed by atoms with van der Waals surface area (Å²) in [4.78, 5) is 15.2. The summed E-state index contributed by atoms with van der Waals surface area (Å²) in [6, 6.07) is 18.2. The minimum absolute atomic E-state index is 0.230. The summed E-state index contributed by atoms with van der Waals surface area (Å²) in [6.07, 6.45) is 2.03. The molecule has 0 fully saturated rings. The fraction of sp³-hybridized carbons (Fsp3) is 0.296. The second-order valence-corrected chi connectivity index (χ2v) is 11.6. The fourth-order valence-electron chi connectivity index (χ4n) is 4.56. The van der Waals surface area contributed by atoms with Gasteiger partial charge in [0.15, 0.2) is 9.84 Å². The van der Waals surface area contributed by atoms with E-state index in [9.17, 15) is 13.2 Å². The Bertz CT molecular complexity index is 1400. The summed E-state index contributed by atoms with van der Waals surface area (Å²) in [5.74, 6) is 1.33. The van der Waals surface area contributed by atoms with Crippen molar-refractivity contribution in [2.45, 2.75) is 37.3 Å². The zero-order chi connectivity index (χ0) is 24.8. The average molecular weight is 493 g/mol.